The first-order valence-electron chi connectivity index (χ1n) is 5.38. The molecule has 5 nitrogen and oxygen atoms in total. The fourth-order valence-electron chi connectivity index (χ4n) is 2.16. The van der Waals surface area contributed by atoms with Gasteiger partial charge in [0.05, 0.1) is 5.41 Å². The van der Waals surface area contributed by atoms with Crippen molar-refractivity contribution in [2.45, 2.75) is 24.6 Å². The summed E-state index contributed by atoms with van der Waals surface area (Å²) in [6.07, 6.45) is -2.38. The minimum Gasteiger partial charge on any atom is -0.395 e. The van der Waals surface area contributed by atoms with Crippen LogP contribution in [0.25, 0.3) is 0 Å². The summed E-state index contributed by atoms with van der Waals surface area (Å²) in [6.45, 7) is 0. The van der Waals surface area contributed by atoms with Crippen molar-refractivity contribution in [3.8, 4) is 11.5 Å². The molecule has 1 aliphatic heterocycles. The summed E-state index contributed by atoms with van der Waals surface area (Å²) < 4.78 is 34.4. The number of nitrogens with one attached hydrogen (secondary N) is 1. The Hall–Kier alpha value is -1.60. The molecular formula is C11H11ClF2N2O3. The van der Waals surface area contributed by atoms with Gasteiger partial charge in [0.25, 0.3) is 0 Å². The maximum Gasteiger partial charge on any atom is 0.586 e. The van der Waals surface area contributed by atoms with Gasteiger partial charge in [0.1, 0.15) is 0 Å². The number of hydrogen-bond acceptors (Lipinski definition) is 4. The van der Waals surface area contributed by atoms with Crippen LogP contribution in [0.4, 0.5) is 8.78 Å². The normalized spacial score (nSPS) is 20.4. The van der Waals surface area contributed by atoms with Gasteiger partial charge in [-0.15, -0.1) is 21.2 Å². The molecule has 0 radical (unpaired) electrons. The highest BCUT2D eigenvalue weighted by Gasteiger charge is 2.52. The molecule has 0 spiro atoms. The first-order valence-corrected chi connectivity index (χ1v) is 5.38. The molecule has 2 aliphatic rings. The largest absolute Gasteiger partial charge is 0.586 e. The van der Waals surface area contributed by atoms with Crippen LogP contribution in [0.3, 0.4) is 0 Å². The standard InChI is InChI=1S/C11H10F2N2O3.ClH/c12-11(13)17-7-2-1-6(5-8(7)18-11)10(3-4-10)9(16)15-14;/h1-2,5H,3-4,14H2,(H,15,16);1H. The Bertz CT molecular complexity index is 535. The smallest absolute Gasteiger partial charge is 0.395 e. The Morgan fingerprint density at radius 1 is 1.26 bits per heavy atom. The van der Waals surface area contributed by atoms with Crippen LogP contribution in [0.15, 0.2) is 18.2 Å². The Balaban J connectivity index is 0.00000133. The van der Waals surface area contributed by atoms with Crippen molar-refractivity contribution in [1.82, 2.24) is 5.43 Å². The van der Waals surface area contributed by atoms with Crippen LogP contribution in [-0.4, -0.2) is 12.2 Å². The van der Waals surface area contributed by atoms with E-state index < -0.39 is 11.7 Å². The molecule has 3 N–H and O–H groups in total. The average molecular weight is 293 g/mol. The topological polar surface area (TPSA) is 73.6 Å². The van der Waals surface area contributed by atoms with Gasteiger partial charge in [0, 0.05) is 0 Å². The van der Waals surface area contributed by atoms with Crippen LogP contribution in [-0.2, 0) is 10.2 Å². The van der Waals surface area contributed by atoms with Gasteiger partial charge in [-0.3, -0.25) is 10.2 Å². The summed E-state index contributed by atoms with van der Waals surface area (Å²) in [5.74, 6) is 4.69. The van der Waals surface area contributed by atoms with Crippen LogP contribution >= 0.6 is 12.4 Å². The fraction of sp³-hybridized carbons (Fsp3) is 0.364. The van der Waals surface area contributed by atoms with Gasteiger partial charge in [0.2, 0.25) is 5.91 Å². The number of carbonyl (C=O) groups is 1. The van der Waals surface area contributed by atoms with Gasteiger partial charge in [-0.1, -0.05) is 6.07 Å². The highest BCUT2D eigenvalue weighted by atomic mass is 35.5. The van der Waals surface area contributed by atoms with Gasteiger partial charge >= 0.3 is 6.29 Å². The van der Waals surface area contributed by atoms with Crippen molar-refractivity contribution in [2.75, 3.05) is 0 Å². The number of amides is 1. The van der Waals surface area contributed by atoms with Crippen molar-refractivity contribution in [1.29, 1.82) is 0 Å². The number of ether oxygens (including phenoxy) is 2. The Morgan fingerprint density at radius 2 is 1.89 bits per heavy atom. The number of fused-ring (bicyclic) bond motifs is 1. The molecule has 1 aromatic carbocycles. The molecule has 3 rings (SSSR count). The predicted octanol–water partition coefficient (Wildman–Crippen LogP) is 1.45. The average Bonchev–Trinajstić information content (AvgIpc) is 3.05. The van der Waals surface area contributed by atoms with Gasteiger partial charge in [-0.2, -0.15) is 0 Å². The molecule has 1 fully saturated rings. The zero-order chi connectivity index (χ0) is 13.0. The number of halogens is 3. The lowest BCUT2D eigenvalue weighted by molar-refractivity contribution is -0.286. The maximum atomic E-state index is 12.9. The molecule has 8 heteroatoms. The van der Waals surface area contributed by atoms with Crippen molar-refractivity contribution in [2.24, 2.45) is 5.84 Å². The van der Waals surface area contributed by atoms with Crippen LogP contribution < -0.4 is 20.7 Å². The summed E-state index contributed by atoms with van der Waals surface area (Å²) in [5, 5.41) is 0. The molecule has 1 aromatic rings. The molecular weight excluding hydrogens is 282 g/mol. The monoisotopic (exact) mass is 292 g/mol. The zero-order valence-electron chi connectivity index (χ0n) is 9.61. The van der Waals surface area contributed by atoms with Gasteiger partial charge in [-0.25, -0.2) is 5.84 Å². The van der Waals surface area contributed by atoms with E-state index in [9.17, 15) is 13.6 Å². The number of alkyl halides is 2. The highest BCUT2D eigenvalue weighted by Crippen LogP contribution is 2.51. The highest BCUT2D eigenvalue weighted by molar-refractivity contribution is 5.91. The van der Waals surface area contributed by atoms with E-state index in [4.69, 9.17) is 5.84 Å². The van der Waals surface area contributed by atoms with Crippen LogP contribution in [0.2, 0.25) is 0 Å². The summed E-state index contributed by atoms with van der Waals surface area (Å²) in [7, 11) is 0. The molecule has 1 amide bonds. The van der Waals surface area contributed by atoms with Gasteiger partial charge in [-0.05, 0) is 30.5 Å². The Labute approximate surface area is 113 Å². The summed E-state index contributed by atoms with van der Waals surface area (Å²) in [5.41, 5.74) is 1.98. The lowest BCUT2D eigenvalue weighted by Crippen LogP contribution is -2.39. The molecule has 0 aromatic heterocycles. The molecule has 0 saturated heterocycles. The Morgan fingerprint density at radius 3 is 2.47 bits per heavy atom. The van der Waals surface area contributed by atoms with Crippen LogP contribution in [0.5, 0.6) is 11.5 Å². The maximum absolute atomic E-state index is 12.9. The lowest BCUT2D eigenvalue weighted by Gasteiger charge is -2.13. The fourth-order valence-corrected chi connectivity index (χ4v) is 2.16. The van der Waals surface area contributed by atoms with E-state index in [1.807, 2.05) is 0 Å². The number of nitrogens with two attached hydrogens (primary N) is 1. The van der Waals surface area contributed by atoms with Crippen molar-refractivity contribution in [3.05, 3.63) is 23.8 Å². The molecule has 104 valence electrons. The van der Waals surface area contributed by atoms with Gasteiger partial charge < -0.3 is 9.47 Å². The number of rotatable bonds is 2. The molecule has 0 unspecified atom stereocenters. The second kappa shape index (κ2) is 4.21. The molecule has 19 heavy (non-hydrogen) atoms. The lowest BCUT2D eigenvalue weighted by atomic mass is 9.95. The number of benzene rings is 1. The summed E-state index contributed by atoms with van der Waals surface area (Å²) >= 11 is 0. The van der Waals surface area contributed by atoms with E-state index in [0.717, 1.165) is 0 Å². The second-order valence-electron chi connectivity index (χ2n) is 4.38. The van der Waals surface area contributed by atoms with Crippen LogP contribution in [0, 0.1) is 0 Å². The van der Waals surface area contributed by atoms with Crippen molar-refractivity contribution < 1.29 is 23.0 Å². The minimum absolute atomic E-state index is 0. The number of hydrogen-bond donors (Lipinski definition) is 2. The SMILES string of the molecule is Cl.NNC(=O)C1(c2ccc3c(c2)OC(F)(F)O3)CC1. The van der Waals surface area contributed by atoms with E-state index in [-0.39, 0.29) is 29.8 Å². The summed E-state index contributed by atoms with van der Waals surface area (Å²) in [6, 6.07) is 4.35. The second-order valence-corrected chi connectivity index (χ2v) is 4.38. The third-order valence-corrected chi connectivity index (χ3v) is 3.27. The van der Waals surface area contributed by atoms with Crippen molar-refractivity contribution >= 4 is 18.3 Å². The quantitative estimate of drug-likeness (QED) is 0.491. The minimum atomic E-state index is -3.65. The first-order chi connectivity index (χ1) is 8.47. The molecule has 0 bridgehead atoms. The van der Waals surface area contributed by atoms with Gasteiger partial charge in [0.15, 0.2) is 11.5 Å². The third-order valence-electron chi connectivity index (χ3n) is 3.27. The van der Waals surface area contributed by atoms with E-state index in [0.29, 0.717) is 18.4 Å². The Kier molecular flexibility index (Phi) is 3.06. The van der Waals surface area contributed by atoms with Crippen molar-refractivity contribution in [3.63, 3.8) is 0 Å². The predicted molar refractivity (Wildman–Crippen MR) is 63.1 cm³/mol. The molecule has 1 heterocycles. The summed E-state index contributed by atoms with van der Waals surface area (Å²) in [4.78, 5) is 11.7. The molecule has 1 saturated carbocycles. The van der Waals surface area contributed by atoms with E-state index in [1.165, 1.54) is 12.1 Å². The third kappa shape index (κ3) is 2.08. The zero-order valence-corrected chi connectivity index (χ0v) is 10.4. The van der Waals surface area contributed by atoms with E-state index in [1.54, 1.807) is 6.07 Å². The van der Waals surface area contributed by atoms with Crippen LogP contribution in [0.1, 0.15) is 18.4 Å². The first kappa shape index (κ1) is 13.8. The number of carbonyl (C=O) groups excluding carboxylic acids is 1. The number of hydrazine groups is 1. The van der Waals surface area contributed by atoms with E-state index >= 15 is 0 Å². The van der Waals surface area contributed by atoms with E-state index in [2.05, 4.69) is 14.9 Å². The molecule has 1 aliphatic carbocycles. The molecule has 0 atom stereocenters.